The number of morpholine rings is 1. The quantitative estimate of drug-likeness (QED) is 0.206. The van der Waals surface area contributed by atoms with E-state index >= 15 is 0 Å². The summed E-state index contributed by atoms with van der Waals surface area (Å²) in [4.78, 5) is 59.8. The number of piperazine rings is 1. The van der Waals surface area contributed by atoms with Crippen molar-refractivity contribution >= 4 is 45.9 Å². The number of carbonyl (C=O) groups excluding carboxylic acids is 3. The summed E-state index contributed by atoms with van der Waals surface area (Å²) in [6, 6.07) is 7.32. The summed E-state index contributed by atoms with van der Waals surface area (Å²) in [5.74, 6) is -0.620. The topological polar surface area (TPSA) is 154 Å². The number of alkyl carbamates (subject to hydrolysis) is 1. The van der Waals surface area contributed by atoms with Crippen LogP contribution in [0.2, 0.25) is 0 Å². The number of hydrazine groups is 1. The highest BCUT2D eigenvalue weighted by Crippen LogP contribution is 2.41. The van der Waals surface area contributed by atoms with Crippen LogP contribution >= 0.6 is 11.3 Å². The van der Waals surface area contributed by atoms with Crippen LogP contribution in [-0.2, 0) is 36.6 Å². The number of esters is 1. The number of pyridine rings is 1. The minimum Gasteiger partial charge on any atom is -0.464 e. The van der Waals surface area contributed by atoms with Crippen LogP contribution < -0.4 is 15.6 Å². The molecule has 0 spiro atoms. The van der Waals surface area contributed by atoms with Crippen LogP contribution in [-0.4, -0.2) is 119 Å². The summed E-state index contributed by atoms with van der Waals surface area (Å²) in [5.41, 5.74) is 9.92. The molecule has 4 aliphatic heterocycles. The van der Waals surface area contributed by atoms with Gasteiger partial charge >= 0.3 is 12.1 Å². The summed E-state index contributed by atoms with van der Waals surface area (Å²) in [6.45, 7) is 19.8. The Morgan fingerprint density at radius 2 is 1.95 bits per heavy atom. The first-order chi connectivity index (χ1) is 28.1. The van der Waals surface area contributed by atoms with Crippen LogP contribution in [0.5, 0.6) is 0 Å². The maximum absolute atomic E-state index is 14.1. The lowest BCUT2D eigenvalue weighted by Gasteiger charge is -2.44. The summed E-state index contributed by atoms with van der Waals surface area (Å²) >= 11 is 1.44. The maximum atomic E-state index is 14.1. The number of benzene rings is 1. The molecular weight excluding hydrogens is 769 g/mol. The highest BCUT2D eigenvalue weighted by molar-refractivity contribution is 7.10. The monoisotopic (exact) mass is 826 g/mol. The van der Waals surface area contributed by atoms with Gasteiger partial charge in [-0.1, -0.05) is 33.8 Å². The smallest absolute Gasteiger partial charge is 0.408 e. The molecule has 59 heavy (non-hydrogen) atoms. The average molecular weight is 827 g/mol. The van der Waals surface area contributed by atoms with Crippen LogP contribution in [0.1, 0.15) is 83.5 Å². The van der Waals surface area contributed by atoms with Crippen molar-refractivity contribution in [1.29, 1.82) is 0 Å². The van der Waals surface area contributed by atoms with Gasteiger partial charge in [-0.3, -0.25) is 24.5 Å². The Bertz CT molecular complexity index is 2210. The molecule has 6 bridgehead atoms. The highest BCUT2D eigenvalue weighted by atomic mass is 32.1. The van der Waals surface area contributed by atoms with E-state index in [2.05, 4.69) is 77.5 Å². The van der Waals surface area contributed by atoms with Gasteiger partial charge in [0.1, 0.15) is 17.7 Å². The minimum absolute atomic E-state index is 0.149. The van der Waals surface area contributed by atoms with E-state index in [0.717, 1.165) is 89.8 Å². The number of aromatic nitrogens is 3. The number of hydrogen-bond donors (Lipinski definition) is 3. The van der Waals surface area contributed by atoms with Crippen molar-refractivity contribution in [2.75, 3.05) is 57.4 Å². The third-order valence-electron chi connectivity index (χ3n) is 11.6. The molecule has 7 heterocycles. The Kier molecular flexibility index (Phi) is 11.5. The fourth-order valence-corrected chi connectivity index (χ4v) is 9.51. The molecular formula is C44H58N8O6S. The number of anilines is 1. The van der Waals surface area contributed by atoms with Crippen LogP contribution in [0.4, 0.5) is 10.5 Å². The molecule has 14 nitrogen and oxygen atoms in total. The molecule has 0 aliphatic carbocycles. The van der Waals surface area contributed by atoms with Crippen molar-refractivity contribution in [1.82, 2.24) is 35.6 Å². The number of H-pyrrole nitrogens is 1. The summed E-state index contributed by atoms with van der Waals surface area (Å²) in [6.07, 6.45) is 3.20. The van der Waals surface area contributed by atoms with Crippen molar-refractivity contribution in [2.24, 2.45) is 5.41 Å². The highest BCUT2D eigenvalue weighted by Gasteiger charge is 2.36. The van der Waals surface area contributed by atoms with E-state index in [4.69, 9.17) is 24.2 Å². The number of cyclic esters (lactones) is 1. The van der Waals surface area contributed by atoms with Gasteiger partial charge in [-0.25, -0.2) is 15.2 Å². The first-order valence-electron chi connectivity index (χ1n) is 21.0. The third kappa shape index (κ3) is 9.13. The number of thiazole rings is 1. The number of amides is 2. The van der Waals surface area contributed by atoms with Crippen molar-refractivity contribution < 1.29 is 28.6 Å². The number of carbonyl (C=O) groups is 3. The third-order valence-corrected chi connectivity index (χ3v) is 12.5. The van der Waals surface area contributed by atoms with Gasteiger partial charge in [0.25, 0.3) is 5.91 Å². The minimum atomic E-state index is -0.982. The molecule has 3 N–H and O–H groups in total. The Hall–Kier alpha value is -4.57. The summed E-state index contributed by atoms with van der Waals surface area (Å²) < 4.78 is 17.5. The standard InChI is InChI=1S/C44H58N8O6S/c1-26(2)38-31(18-28(21-45-38)51-14-13-50-15-16-56-23-29(50)22-51)39-32-20-44(6,7)25-57-41(54)34-9-8-12-52(49-34)40(53)35(48-42(55)58-43(3,4)5)19-37-46-36(24-59-37)27-10-11-33(47-39)30(32)17-27/h10-11,17-18,21,24,26,29,34-35,47,49H,8-9,12-16,19-20,22-23,25H2,1-7H3,(H,48,55)/t29-,34-,35-/m0/s1. The van der Waals surface area contributed by atoms with Gasteiger partial charge in [-0.05, 0) is 69.7 Å². The molecule has 316 valence electrons. The van der Waals surface area contributed by atoms with Gasteiger partial charge in [0.2, 0.25) is 0 Å². The molecule has 0 saturated carbocycles. The van der Waals surface area contributed by atoms with Crippen LogP contribution in [0.3, 0.4) is 0 Å². The van der Waals surface area contributed by atoms with E-state index in [1.54, 1.807) is 20.8 Å². The van der Waals surface area contributed by atoms with Crippen LogP contribution in [0, 0.1) is 5.41 Å². The van der Waals surface area contributed by atoms with Gasteiger partial charge in [0, 0.05) is 72.0 Å². The molecule has 0 unspecified atom stereocenters. The van der Waals surface area contributed by atoms with E-state index < -0.39 is 35.2 Å². The molecule has 15 heteroatoms. The lowest BCUT2D eigenvalue weighted by Crippen LogP contribution is -2.60. The largest absolute Gasteiger partial charge is 0.464 e. The predicted molar refractivity (Wildman–Crippen MR) is 228 cm³/mol. The molecule has 3 atom stereocenters. The number of rotatable bonds is 4. The zero-order valence-corrected chi connectivity index (χ0v) is 36.2. The van der Waals surface area contributed by atoms with Gasteiger partial charge in [-0.2, -0.15) is 0 Å². The van der Waals surface area contributed by atoms with Gasteiger partial charge in [-0.15, -0.1) is 11.3 Å². The first-order valence-corrected chi connectivity index (χ1v) is 21.9. The van der Waals surface area contributed by atoms with Crippen molar-refractivity contribution in [3.8, 4) is 22.5 Å². The zero-order valence-electron chi connectivity index (χ0n) is 35.4. The molecule has 4 aromatic rings. The Morgan fingerprint density at radius 3 is 2.75 bits per heavy atom. The molecule has 0 radical (unpaired) electrons. The normalized spacial score (nSPS) is 23.2. The number of ether oxygens (including phenoxy) is 3. The van der Waals surface area contributed by atoms with E-state index in [1.165, 1.54) is 16.3 Å². The molecule has 8 rings (SSSR count). The molecule has 1 aromatic carbocycles. The van der Waals surface area contributed by atoms with Crippen LogP contribution in [0.15, 0.2) is 35.8 Å². The van der Waals surface area contributed by atoms with Crippen molar-refractivity contribution in [3.05, 3.63) is 52.1 Å². The van der Waals surface area contributed by atoms with Crippen molar-refractivity contribution in [2.45, 2.75) is 104 Å². The number of fused-ring (bicyclic) bond motifs is 7. The van der Waals surface area contributed by atoms with E-state index in [0.29, 0.717) is 36.9 Å². The number of hydrogen-bond acceptors (Lipinski definition) is 12. The number of nitrogens with zero attached hydrogens (tertiary/aromatic N) is 5. The van der Waals surface area contributed by atoms with E-state index in [1.807, 2.05) is 11.6 Å². The second-order valence-corrected chi connectivity index (χ2v) is 19.5. The average Bonchev–Trinajstić information content (AvgIpc) is 3.82. The van der Waals surface area contributed by atoms with Crippen molar-refractivity contribution in [3.63, 3.8) is 0 Å². The van der Waals surface area contributed by atoms with Gasteiger partial charge in [0.05, 0.1) is 59.8 Å². The van der Waals surface area contributed by atoms with Gasteiger partial charge < -0.3 is 29.4 Å². The zero-order chi connectivity index (χ0) is 41.6. The van der Waals surface area contributed by atoms with Crippen LogP contribution in [0.25, 0.3) is 33.4 Å². The molecule has 3 fully saturated rings. The van der Waals surface area contributed by atoms with Gasteiger partial charge in [0.15, 0.2) is 0 Å². The summed E-state index contributed by atoms with van der Waals surface area (Å²) in [5, 5.41) is 7.97. The Morgan fingerprint density at radius 1 is 1.12 bits per heavy atom. The fourth-order valence-electron chi connectivity index (χ4n) is 8.66. The predicted octanol–water partition coefficient (Wildman–Crippen LogP) is 6.05. The number of nitrogens with one attached hydrogen (secondary N) is 3. The molecule has 4 aliphatic rings. The van der Waals surface area contributed by atoms with E-state index in [9.17, 15) is 14.4 Å². The molecule has 3 aromatic heterocycles. The molecule has 2 amide bonds. The second-order valence-electron chi connectivity index (χ2n) is 18.5. The Balaban J connectivity index is 1.20. The lowest BCUT2D eigenvalue weighted by atomic mass is 9.84. The SMILES string of the molecule is CC(C)c1ncc(N2CCN3CCOC[C@@H]3C2)cc1-c1[nH]c2ccc3cc2c1CC(C)(C)COC(=O)[C@@H]1CCCN(N1)C(=O)[C@@H](NC(=O)OC(C)(C)C)Cc1nc-3cs1. The second kappa shape index (κ2) is 16.5. The first kappa shape index (κ1) is 41.2. The maximum Gasteiger partial charge on any atom is 0.408 e. The number of aromatic amines is 1. The Labute approximate surface area is 350 Å². The van der Waals surface area contributed by atoms with E-state index in [-0.39, 0.29) is 24.9 Å². The lowest BCUT2D eigenvalue weighted by molar-refractivity contribution is -0.155. The fraction of sp³-hybridized carbons (Fsp3) is 0.568. The summed E-state index contributed by atoms with van der Waals surface area (Å²) in [7, 11) is 0. The molecule has 3 saturated heterocycles.